The fourth-order valence-corrected chi connectivity index (χ4v) is 4.15. The van der Waals surface area contributed by atoms with E-state index in [1.807, 2.05) is 30.3 Å². The van der Waals surface area contributed by atoms with Crippen LogP contribution in [-0.4, -0.2) is 32.1 Å². The number of pyridine rings is 1. The van der Waals surface area contributed by atoms with Crippen molar-refractivity contribution in [3.63, 3.8) is 0 Å². The standard InChI is InChI=1S/C22H19N5O4S/c1-2-27-16-9-8-14(11-15(16)24-21(30)22(27)31)20(29)26-25-18(28)12-32-17-7-3-5-13-6-4-10-23-19(13)17/h3-11H,2,12H2,1H3,(H,24,30)(H,25,28)(H,26,29). The average molecular weight is 449 g/mol. The van der Waals surface area contributed by atoms with Crippen LogP contribution in [0.25, 0.3) is 21.9 Å². The number of nitrogens with zero attached hydrogens (tertiary/aromatic N) is 2. The van der Waals surface area contributed by atoms with Crippen molar-refractivity contribution in [3.05, 3.63) is 81.0 Å². The number of thioether (sulfide) groups is 1. The van der Waals surface area contributed by atoms with Crippen LogP contribution in [0.5, 0.6) is 0 Å². The molecule has 2 amide bonds. The maximum Gasteiger partial charge on any atom is 0.316 e. The summed E-state index contributed by atoms with van der Waals surface area (Å²) in [4.78, 5) is 56.1. The first-order valence-electron chi connectivity index (χ1n) is 9.80. The Balaban J connectivity index is 1.41. The maximum atomic E-state index is 12.4. The molecule has 3 N–H and O–H groups in total. The molecule has 0 unspecified atom stereocenters. The van der Waals surface area contributed by atoms with Gasteiger partial charge >= 0.3 is 11.1 Å². The van der Waals surface area contributed by atoms with Crippen molar-refractivity contribution >= 4 is 45.5 Å². The minimum atomic E-state index is -0.759. The fraction of sp³-hybridized carbons (Fsp3) is 0.136. The Morgan fingerprint density at radius 3 is 2.72 bits per heavy atom. The molecule has 0 spiro atoms. The number of aryl methyl sites for hydroxylation is 1. The van der Waals surface area contributed by atoms with E-state index < -0.39 is 17.0 Å². The highest BCUT2D eigenvalue weighted by molar-refractivity contribution is 8.00. The number of nitrogens with one attached hydrogen (secondary N) is 3. The molecule has 0 bridgehead atoms. The van der Waals surface area contributed by atoms with Crippen LogP contribution in [-0.2, 0) is 11.3 Å². The lowest BCUT2D eigenvalue weighted by atomic mass is 10.2. The lowest BCUT2D eigenvalue weighted by Gasteiger charge is -2.10. The predicted octanol–water partition coefficient (Wildman–Crippen LogP) is 1.81. The third-order valence-electron chi connectivity index (χ3n) is 4.82. The molecule has 0 aliphatic heterocycles. The molecule has 4 aromatic rings. The number of para-hydroxylation sites is 1. The van der Waals surface area contributed by atoms with Crippen molar-refractivity contribution in [2.24, 2.45) is 0 Å². The molecule has 0 radical (unpaired) electrons. The van der Waals surface area contributed by atoms with Crippen LogP contribution in [0.1, 0.15) is 17.3 Å². The molecule has 162 valence electrons. The van der Waals surface area contributed by atoms with Gasteiger partial charge in [-0.3, -0.25) is 35.0 Å². The number of H-pyrrole nitrogens is 1. The van der Waals surface area contributed by atoms with Gasteiger partial charge in [0, 0.05) is 28.6 Å². The van der Waals surface area contributed by atoms with Gasteiger partial charge in [0.1, 0.15) is 0 Å². The summed E-state index contributed by atoms with van der Waals surface area (Å²) in [5, 5.41) is 0.981. The first-order valence-corrected chi connectivity index (χ1v) is 10.8. The van der Waals surface area contributed by atoms with Crippen molar-refractivity contribution in [2.75, 3.05) is 5.75 Å². The van der Waals surface area contributed by atoms with Crippen molar-refractivity contribution in [2.45, 2.75) is 18.4 Å². The Morgan fingerprint density at radius 1 is 1.09 bits per heavy atom. The summed E-state index contributed by atoms with van der Waals surface area (Å²) in [7, 11) is 0. The molecular formula is C22H19N5O4S. The summed E-state index contributed by atoms with van der Waals surface area (Å²) < 4.78 is 1.33. The van der Waals surface area contributed by atoms with Crippen LogP contribution in [0.4, 0.5) is 0 Å². The lowest BCUT2D eigenvalue weighted by molar-refractivity contribution is -0.119. The van der Waals surface area contributed by atoms with Gasteiger partial charge in [-0.2, -0.15) is 0 Å². The zero-order valence-corrected chi connectivity index (χ0v) is 17.9. The molecule has 9 nitrogen and oxygen atoms in total. The molecule has 0 saturated carbocycles. The van der Waals surface area contributed by atoms with Gasteiger partial charge in [-0.15, -0.1) is 11.8 Å². The zero-order valence-electron chi connectivity index (χ0n) is 17.0. The second kappa shape index (κ2) is 9.06. The number of aromatic amines is 1. The number of hydrogen-bond acceptors (Lipinski definition) is 6. The third kappa shape index (κ3) is 4.26. The summed E-state index contributed by atoms with van der Waals surface area (Å²) in [5.74, 6) is -0.846. The molecule has 4 rings (SSSR count). The van der Waals surface area contributed by atoms with Gasteiger partial charge < -0.3 is 9.55 Å². The average Bonchev–Trinajstić information content (AvgIpc) is 2.81. The number of aromatic nitrogens is 3. The maximum absolute atomic E-state index is 12.4. The quantitative estimate of drug-likeness (QED) is 0.242. The molecular weight excluding hydrogens is 430 g/mol. The summed E-state index contributed by atoms with van der Waals surface area (Å²) in [6.07, 6.45) is 1.70. The van der Waals surface area contributed by atoms with Crippen LogP contribution in [0.15, 0.2) is 69.2 Å². The largest absolute Gasteiger partial charge is 0.316 e. The number of hydrogen-bond donors (Lipinski definition) is 3. The smallest absolute Gasteiger partial charge is 0.316 e. The number of fused-ring (bicyclic) bond motifs is 2. The highest BCUT2D eigenvalue weighted by atomic mass is 32.2. The van der Waals surface area contributed by atoms with Gasteiger partial charge in [0.05, 0.1) is 22.3 Å². The van der Waals surface area contributed by atoms with E-state index in [2.05, 4.69) is 20.8 Å². The van der Waals surface area contributed by atoms with E-state index in [9.17, 15) is 19.2 Å². The number of benzene rings is 2. The molecule has 0 fully saturated rings. The minimum absolute atomic E-state index is 0.0871. The highest BCUT2D eigenvalue weighted by Gasteiger charge is 2.12. The third-order valence-corrected chi connectivity index (χ3v) is 5.87. The Kier molecular flexibility index (Phi) is 6.04. The van der Waals surface area contributed by atoms with Crippen LogP contribution >= 0.6 is 11.8 Å². The van der Waals surface area contributed by atoms with Gasteiger partial charge in [-0.1, -0.05) is 18.2 Å². The van der Waals surface area contributed by atoms with E-state index in [-0.39, 0.29) is 17.2 Å². The molecule has 0 aliphatic carbocycles. The van der Waals surface area contributed by atoms with Gasteiger partial charge in [-0.25, -0.2) is 0 Å². The van der Waals surface area contributed by atoms with E-state index in [4.69, 9.17) is 0 Å². The second-order valence-corrected chi connectivity index (χ2v) is 7.87. The summed E-state index contributed by atoms with van der Waals surface area (Å²) in [6.45, 7) is 2.08. The van der Waals surface area contributed by atoms with Crippen LogP contribution in [0.3, 0.4) is 0 Å². The van der Waals surface area contributed by atoms with Crippen molar-refractivity contribution in [1.29, 1.82) is 0 Å². The van der Waals surface area contributed by atoms with E-state index in [1.165, 1.54) is 28.5 Å². The molecule has 2 aromatic heterocycles. The van der Waals surface area contributed by atoms with Crippen LogP contribution in [0.2, 0.25) is 0 Å². The number of carbonyl (C=O) groups is 2. The Labute approximate surface area is 185 Å². The normalized spacial score (nSPS) is 10.9. The van der Waals surface area contributed by atoms with Gasteiger partial charge in [-0.05, 0) is 37.3 Å². The Bertz CT molecular complexity index is 1460. The van der Waals surface area contributed by atoms with Crippen molar-refractivity contribution in [3.8, 4) is 0 Å². The number of carbonyl (C=O) groups excluding carboxylic acids is 2. The summed E-state index contributed by atoms with van der Waals surface area (Å²) >= 11 is 1.32. The Hall–Kier alpha value is -3.92. The first kappa shape index (κ1) is 21.3. The molecule has 0 atom stereocenters. The minimum Gasteiger partial charge on any atom is -0.316 e. The molecule has 2 heterocycles. The van der Waals surface area contributed by atoms with E-state index in [1.54, 1.807) is 19.2 Å². The predicted molar refractivity (Wildman–Crippen MR) is 123 cm³/mol. The Morgan fingerprint density at radius 2 is 1.91 bits per heavy atom. The molecule has 0 saturated heterocycles. The fourth-order valence-electron chi connectivity index (χ4n) is 3.31. The number of amides is 2. The molecule has 32 heavy (non-hydrogen) atoms. The molecule has 2 aromatic carbocycles. The van der Waals surface area contributed by atoms with Crippen molar-refractivity contribution < 1.29 is 9.59 Å². The van der Waals surface area contributed by atoms with E-state index >= 15 is 0 Å². The molecule has 10 heteroatoms. The van der Waals surface area contributed by atoms with Crippen LogP contribution < -0.4 is 22.0 Å². The van der Waals surface area contributed by atoms with Crippen molar-refractivity contribution in [1.82, 2.24) is 25.4 Å². The van der Waals surface area contributed by atoms with E-state index in [0.717, 1.165) is 15.8 Å². The van der Waals surface area contributed by atoms with Gasteiger partial charge in [0.25, 0.3) is 5.91 Å². The zero-order chi connectivity index (χ0) is 22.7. The van der Waals surface area contributed by atoms with E-state index in [0.29, 0.717) is 17.6 Å². The summed E-state index contributed by atoms with van der Waals surface area (Å²) in [5.41, 5.74) is 5.24. The SMILES string of the molecule is CCn1c(=O)c(=O)[nH]c2cc(C(=O)NNC(=O)CSc3cccc4cccnc34)ccc21. The number of hydrazine groups is 1. The van der Waals surface area contributed by atoms with Gasteiger partial charge in [0.2, 0.25) is 5.91 Å². The topological polar surface area (TPSA) is 126 Å². The van der Waals surface area contributed by atoms with Gasteiger partial charge in [0.15, 0.2) is 0 Å². The second-order valence-electron chi connectivity index (χ2n) is 6.86. The number of rotatable bonds is 5. The summed E-state index contributed by atoms with van der Waals surface area (Å²) in [6, 6.07) is 14.1. The molecule has 0 aliphatic rings. The highest BCUT2D eigenvalue weighted by Crippen LogP contribution is 2.25. The van der Waals surface area contributed by atoms with Crippen LogP contribution in [0, 0.1) is 0 Å². The lowest BCUT2D eigenvalue weighted by Crippen LogP contribution is -2.42. The first-order chi connectivity index (χ1) is 15.5. The monoisotopic (exact) mass is 449 g/mol.